The first-order valence-electron chi connectivity index (χ1n) is 11.5. The quantitative estimate of drug-likeness (QED) is 0.400. The molecule has 1 N–H and O–H groups in total. The smallest absolute Gasteiger partial charge is 0.307 e. The Hall–Kier alpha value is 0.0500. The molecule has 33 heavy (non-hydrogen) atoms. The average Bonchev–Trinajstić information content (AvgIpc) is 3.14. The molecule has 2 saturated carbocycles. The predicted molar refractivity (Wildman–Crippen MR) is 153 cm³/mol. The van der Waals surface area contributed by atoms with Gasteiger partial charge in [-0.3, -0.25) is 14.4 Å². The summed E-state index contributed by atoms with van der Waals surface area (Å²) in [6.07, 6.45) is 5.51. The van der Waals surface area contributed by atoms with Crippen LogP contribution in [-0.2, 0) is 23.9 Å². The molecule has 2 aliphatic rings. The van der Waals surface area contributed by atoms with Crippen molar-refractivity contribution in [2.24, 2.45) is 11.8 Å². The number of carbonyl (C=O) groups excluding carboxylic acids is 3. The zero-order valence-corrected chi connectivity index (χ0v) is 25.3. The largest absolute Gasteiger partial charge is 0.460 e. The Morgan fingerprint density at radius 2 is 1.39 bits per heavy atom. The van der Waals surface area contributed by atoms with Gasteiger partial charge in [-0.25, -0.2) is 0 Å². The molecule has 0 aromatic carbocycles. The first-order chi connectivity index (χ1) is 14.2. The molecule has 10 heteroatoms. The summed E-state index contributed by atoms with van der Waals surface area (Å²) in [6.45, 7) is 11.5. The van der Waals surface area contributed by atoms with Gasteiger partial charge in [0.2, 0.25) is 0 Å². The van der Waals surface area contributed by atoms with Gasteiger partial charge in [0.05, 0.1) is 18.9 Å². The SMILES string of the molecule is CC(C)(C)OC(=O)C[C@H]1CCCC1=O.CC(C)(C)OC(=O)C[C@H]1CCC[C@@H]1O.S.S.S.[2H]CP. The molecule has 0 aliphatic heterocycles. The van der Waals surface area contributed by atoms with E-state index in [4.69, 9.17) is 10.8 Å². The van der Waals surface area contributed by atoms with Crippen LogP contribution in [0.2, 0.25) is 0 Å². The number of Topliss-reactive ketones (excluding diaryl/α,β-unsaturated/α-hetero) is 1. The van der Waals surface area contributed by atoms with E-state index in [0.29, 0.717) is 19.5 Å². The van der Waals surface area contributed by atoms with E-state index in [2.05, 4.69) is 9.24 Å². The van der Waals surface area contributed by atoms with Crippen molar-refractivity contribution in [3.05, 3.63) is 0 Å². The maximum absolute atomic E-state index is 11.4. The van der Waals surface area contributed by atoms with Gasteiger partial charge in [0, 0.05) is 13.7 Å². The molecule has 0 radical (unpaired) electrons. The van der Waals surface area contributed by atoms with Gasteiger partial charge in [-0.1, -0.05) is 13.1 Å². The number of aliphatic hydroxyl groups excluding tert-OH is 1. The zero-order valence-electron chi connectivity index (χ0n) is 22.2. The summed E-state index contributed by atoms with van der Waals surface area (Å²) in [4.78, 5) is 34.1. The Morgan fingerprint density at radius 1 is 0.939 bits per heavy atom. The average molecular weight is 550 g/mol. The lowest BCUT2D eigenvalue weighted by Crippen LogP contribution is -2.26. The summed E-state index contributed by atoms with van der Waals surface area (Å²) in [6, 6.07) is 0. The Balaban J connectivity index is -0.000000220. The summed E-state index contributed by atoms with van der Waals surface area (Å²) in [5, 5.41) is 9.53. The highest BCUT2D eigenvalue weighted by Crippen LogP contribution is 2.29. The molecule has 0 saturated heterocycles. The van der Waals surface area contributed by atoms with Gasteiger partial charge in [-0.15, -0.1) is 9.24 Å². The van der Waals surface area contributed by atoms with Crippen molar-refractivity contribution in [1.82, 2.24) is 0 Å². The van der Waals surface area contributed by atoms with Gasteiger partial charge >= 0.3 is 11.9 Å². The second-order valence-corrected chi connectivity index (χ2v) is 9.89. The first-order valence-corrected chi connectivity index (χ1v) is 11.6. The van der Waals surface area contributed by atoms with Crippen LogP contribution in [0.3, 0.4) is 0 Å². The molecular formula is C23H49O6PS3. The van der Waals surface area contributed by atoms with Crippen molar-refractivity contribution >= 4 is 67.4 Å². The Kier molecular flexibility index (Phi) is 21.9. The van der Waals surface area contributed by atoms with E-state index in [0.717, 1.165) is 32.1 Å². The molecule has 0 spiro atoms. The lowest BCUT2D eigenvalue weighted by Gasteiger charge is -2.21. The third-order valence-electron chi connectivity index (χ3n) is 4.73. The molecule has 0 amide bonds. The van der Waals surface area contributed by atoms with Crippen LogP contribution in [0.1, 0.15) is 94.3 Å². The third-order valence-corrected chi connectivity index (χ3v) is 4.73. The van der Waals surface area contributed by atoms with Crippen molar-refractivity contribution in [2.75, 3.05) is 6.64 Å². The van der Waals surface area contributed by atoms with Gasteiger partial charge in [0.1, 0.15) is 17.0 Å². The predicted octanol–water partition coefficient (Wildman–Crippen LogP) is 4.80. The molecule has 200 valence electrons. The molecule has 2 aliphatic carbocycles. The normalized spacial score (nSPS) is 21.9. The number of aliphatic hydroxyl groups is 1. The Morgan fingerprint density at radius 3 is 1.73 bits per heavy atom. The fourth-order valence-corrected chi connectivity index (χ4v) is 3.54. The van der Waals surface area contributed by atoms with Gasteiger partial charge in [0.15, 0.2) is 0 Å². The number of rotatable bonds is 4. The zero-order chi connectivity index (χ0) is 24.2. The fraction of sp³-hybridized carbons (Fsp3) is 0.870. The summed E-state index contributed by atoms with van der Waals surface area (Å²) in [5.74, 6) is -0.188. The van der Waals surface area contributed by atoms with Crippen LogP contribution in [0.15, 0.2) is 0 Å². The standard InChI is InChI=1S/C11H20O3.C11H18O3.CH5P.3H2S/c2*1-11(2,3)14-10(13)7-8-5-4-6-9(8)12;1-2;;;/h8-9,12H,4-7H2,1-3H3;8H,4-7H2,1-3H3;2H2,1H3;3*1H2/t8-,9+;8-;;;;/m11..../s1/i;;1D;;;. The minimum absolute atomic E-state index is 0. The number of carbonyl (C=O) groups is 3. The van der Waals surface area contributed by atoms with Crippen molar-refractivity contribution in [3.63, 3.8) is 0 Å². The molecular weight excluding hydrogens is 499 g/mol. The van der Waals surface area contributed by atoms with E-state index < -0.39 is 11.2 Å². The molecule has 0 bridgehead atoms. The maximum atomic E-state index is 11.4. The van der Waals surface area contributed by atoms with E-state index in [9.17, 15) is 19.5 Å². The highest BCUT2D eigenvalue weighted by Gasteiger charge is 2.30. The van der Waals surface area contributed by atoms with Crippen LogP contribution in [0, 0.1) is 11.8 Å². The van der Waals surface area contributed by atoms with Crippen molar-refractivity contribution in [3.8, 4) is 0 Å². The highest BCUT2D eigenvalue weighted by molar-refractivity contribution is 7.59. The van der Waals surface area contributed by atoms with E-state index in [1.807, 2.05) is 41.5 Å². The van der Waals surface area contributed by atoms with E-state index >= 15 is 0 Å². The van der Waals surface area contributed by atoms with Gasteiger partial charge < -0.3 is 14.6 Å². The lowest BCUT2D eigenvalue weighted by molar-refractivity contribution is -0.157. The topological polar surface area (TPSA) is 89.9 Å². The van der Waals surface area contributed by atoms with Crippen molar-refractivity contribution in [2.45, 2.75) is 110 Å². The van der Waals surface area contributed by atoms with Crippen LogP contribution in [0.25, 0.3) is 0 Å². The van der Waals surface area contributed by atoms with Crippen LogP contribution >= 0.6 is 49.7 Å². The number of ether oxygens (including phenoxy) is 2. The molecule has 0 aromatic rings. The van der Waals surface area contributed by atoms with Crippen molar-refractivity contribution in [1.29, 1.82) is 0 Å². The van der Waals surface area contributed by atoms with Crippen LogP contribution in [0.5, 0.6) is 0 Å². The summed E-state index contributed by atoms with van der Waals surface area (Å²) in [7, 11) is 2.25. The lowest BCUT2D eigenvalue weighted by atomic mass is 10.0. The number of hydrogen-bond donors (Lipinski definition) is 1. The minimum Gasteiger partial charge on any atom is -0.460 e. The van der Waals surface area contributed by atoms with E-state index in [1.54, 1.807) is 0 Å². The number of hydrogen-bond acceptors (Lipinski definition) is 6. The number of esters is 2. The summed E-state index contributed by atoms with van der Waals surface area (Å²) < 4.78 is 16.5. The monoisotopic (exact) mass is 549 g/mol. The van der Waals surface area contributed by atoms with Crippen LogP contribution in [-0.4, -0.2) is 46.8 Å². The van der Waals surface area contributed by atoms with Crippen LogP contribution < -0.4 is 0 Å². The molecule has 0 aromatic heterocycles. The Bertz CT molecular complexity index is 582. The van der Waals surface area contributed by atoms with Gasteiger partial charge in [-0.05, 0) is 73.1 Å². The molecule has 1 unspecified atom stereocenters. The molecule has 0 heterocycles. The van der Waals surface area contributed by atoms with Crippen molar-refractivity contribution < 1.29 is 30.3 Å². The maximum Gasteiger partial charge on any atom is 0.307 e. The van der Waals surface area contributed by atoms with Gasteiger partial charge in [0.25, 0.3) is 0 Å². The fourth-order valence-electron chi connectivity index (χ4n) is 3.54. The summed E-state index contributed by atoms with van der Waals surface area (Å²) in [5.41, 5.74) is -0.862. The Labute approximate surface area is 226 Å². The second-order valence-electron chi connectivity index (χ2n) is 9.89. The van der Waals surface area contributed by atoms with Gasteiger partial charge in [-0.2, -0.15) is 40.5 Å². The van der Waals surface area contributed by atoms with Crippen LogP contribution in [0.4, 0.5) is 0 Å². The molecule has 4 atom stereocenters. The third kappa shape index (κ3) is 20.0. The highest BCUT2D eigenvalue weighted by atomic mass is 32.1. The van der Waals surface area contributed by atoms with E-state index in [-0.39, 0.29) is 82.6 Å². The second kappa shape index (κ2) is 19.3. The molecule has 2 rings (SSSR count). The summed E-state index contributed by atoms with van der Waals surface area (Å²) >= 11 is 0. The molecule has 6 nitrogen and oxygen atoms in total. The van der Waals surface area contributed by atoms with E-state index in [1.165, 1.54) is 0 Å². The number of ketones is 1. The first kappa shape index (κ1) is 37.6. The molecule has 2 fully saturated rings. The minimum atomic E-state index is -0.446.